The number of hydrogen-bond acceptors (Lipinski definition) is 3. The van der Waals surface area contributed by atoms with Crippen molar-refractivity contribution in [1.29, 1.82) is 0 Å². The van der Waals surface area contributed by atoms with E-state index < -0.39 is 0 Å². The van der Waals surface area contributed by atoms with Crippen molar-refractivity contribution in [2.45, 2.75) is 26.7 Å². The van der Waals surface area contributed by atoms with Crippen molar-refractivity contribution in [3.63, 3.8) is 0 Å². The second kappa shape index (κ2) is 6.88. The minimum absolute atomic E-state index is 0.161. The normalized spacial score (nSPS) is 10.7. The Morgan fingerprint density at radius 1 is 0.696 bits per heavy atom. The Balaban J connectivity index is 2.09. The summed E-state index contributed by atoms with van der Waals surface area (Å²) >= 11 is 5.98. The highest BCUT2D eigenvalue weighted by molar-refractivity contribution is 6.28. The lowest BCUT2D eigenvalue weighted by Crippen LogP contribution is -1.97. The van der Waals surface area contributed by atoms with E-state index in [1.165, 1.54) is 11.1 Å². The van der Waals surface area contributed by atoms with Gasteiger partial charge < -0.3 is 0 Å². The highest BCUT2D eigenvalue weighted by Crippen LogP contribution is 2.29. The molecule has 0 bridgehead atoms. The summed E-state index contributed by atoms with van der Waals surface area (Å²) in [6, 6.07) is 16.7. The predicted octanol–water partition coefficient (Wildman–Crippen LogP) is 4.98. The highest BCUT2D eigenvalue weighted by atomic mass is 35.5. The molecule has 0 spiro atoms. The van der Waals surface area contributed by atoms with Crippen LogP contribution in [0.4, 0.5) is 0 Å². The van der Waals surface area contributed by atoms with Crippen LogP contribution in [0.15, 0.2) is 48.5 Å². The third-order valence-corrected chi connectivity index (χ3v) is 4.09. The van der Waals surface area contributed by atoms with Crippen LogP contribution < -0.4 is 0 Å². The summed E-state index contributed by atoms with van der Waals surface area (Å²) in [6.07, 6.45) is 2.02. The van der Waals surface area contributed by atoms with E-state index in [1.54, 1.807) is 0 Å². The van der Waals surface area contributed by atoms with Gasteiger partial charge in [0.1, 0.15) is 11.4 Å². The molecule has 0 amide bonds. The first-order valence-electron chi connectivity index (χ1n) is 7.80. The summed E-state index contributed by atoms with van der Waals surface area (Å²) in [5.41, 5.74) is 6.08. The number of aromatic nitrogens is 3. The van der Waals surface area contributed by atoms with E-state index in [0.717, 1.165) is 35.4 Å². The Morgan fingerprint density at radius 3 is 1.65 bits per heavy atom. The molecular weight excluding hydrogens is 306 g/mol. The van der Waals surface area contributed by atoms with Gasteiger partial charge in [-0.3, -0.25) is 0 Å². The lowest BCUT2D eigenvalue weighted by molar-refractivity contribution is 0.981. The van der Waals surface area contributed by atoms with Crippen LogP contribution >= 0.6 is 11.6 Å². The van der Waals surface area contributed by atoms with Gasteiger partial charge in [-0.2, -0.15) is 0 Å². The molecular formula is C19H18ClN3. The third kappa shape index (κ3) is 3.40. The van der Waals surface area contributed by atoms with E-state index in [2.05, 4.69) is 77.6 Å². The van der Waals surface area contributed by atoms with Crippen LogP contribution in [0, 0.1) is 0 Å². The van der Waals surface area contributed by atoms with Crippen LogP contribution in [0.25, 0.3) is 22.5 Å². The molecule has 3 aromatic rings. The van der Waals surface area contributed by atoms with Crippen molar-refractivity contribution in [1.82, 2.24) is 15.2 Å². The van der Waals surface area contributed by atoms with Crippen molar-refractivity contribution in [3.8, 4) is 22.5 Å². The van der Waals surface area contributed by atoms with Crippen LogP contribution in [0.3, 0.4) is 0 Å². The van der Waals surface area contributed by atoms with E-state index in [0.29, 0.717) is 0 Å². The molecule has 0 N–H and O–H groups in total. The van der Waals surface area contributed by atoms with Crippen LogP contribution in [0.2, 0.25) is 5.28 Å². The molecule has 0 radical (unpaired) electrons. The van der Waals surface area contributed by atoms with Gasteiger partial charge in [-0.15, -0.1) is 10.2 Å². The number of nitrogens with zero attached hydrogens (tertiary/aromatic N) is 3. The monoisotopic (exact) mass is 323 g/mol. The standard InChI is InChI=1S/C19H18ClN3/c1-3-13-5-9-15(10-6-13)17-18(22-23-19(20)21-17)16-11-7-14(4-2)8-12-16/h5-12H,3-4H2,1-2H3. The Bertz CT molecular complexity index is 796. The number of aryl methyl sites for hydroxylation is 2. The first kappa shape index (κ1) is 15.6. The molecule has 3 rings (SSSR count). The fraction of sp³-hybridized carbons (Fsp3) is 0.211. The first-order valence-corrected chi connectivity index (χ1v) is 8.18. The molecule has 0 fully saturated rings. The molecule has 0 atom stereocenters. The van der Waals surface area contributed by atoms with Gasteiger partial charge in [0.25, 0.3) is 0 Å². The topological polar surface area (TPSA) is 38.7 Å². The van der Waals surface area contributed by atoms with Gasteiger partial charge in [0.15, 0.2) is 0 Å². The predicted molar refractivity (Wildman–Crippen MR) is 94.5 cm³/mol. The van der Waals surface area contributed by atoms with Gasteiger partial charge in [-0.05, 0) is 35.6 Å². The van der Waals surface area contributed by atoms with Crippen molar-refractivity contribution in [3.05, 3.63) is 64.9 Å². The van der Waals surface area contributed by atoms with Crippen molar-refractivity contribution < 1.29 is 0 Å². The summed E-state index contributed by atoms with van der Waals surface area (Å²) in [7, 11) is 0. The molecule has 4 heteroatoms. The Morgan fingerprint density at radius 2 is 1.17 bits per heavy atom. The largest absolute Gasteiger partial charge is 0.243 e. The maximum Gasteiger partial charge on any atom is 0.243 e. The first-order chi connectivity index (χ1) is 11.2. The highest BCUT2D eigenvalue weighted by Gasteiger charge is 2.13. The van der Waals surface area contributed by atoms with E-state index in [9.17, 15) is 0 Å². The van der Waals surface area contributed by atoms with E-state index >= 15 is 0 Å². The zero-order valence-corrected chi connectivity index (χ0v) is 14.0. The van der Waals surface area contributed by atoms with Crippen LogP contribution in [0.5, 0.6) is 0 Å². The van der Waals surface area contributed by atoms with Crippen LogP contribution in [-0.4, -0.2) is 15.2 Å². The van der Waals surface area contributed by atoms with Gasteiger partial charge in [-0.25, -0.2) is 4.98 Å². The Hall–Kier alpha value is -2.26. The summed E-state index contributed by atoms with van der Waals surface area (Å²) in [6.45, 7) is 4.28. The maximum atomic E-state index is 5.98. The summed E-state index contributed by atoms with van der Waals surface area (Å²) in [4.78, 5) is 4.41. The molecule has 116 valence electrons. The maximum absolute atomic E-state index is 5.98. The molecule has 2 aromatic carbocycles. The lowest BCUT2D eigenvalue weighted by atomic mass is 10.0. The number of rotatable bonds is 4. The van der Waals surface area contributed by atoms with Gasteiger partial charge in [0.2, 0.25) is 5.28 Å². The smallest absolute Gasteiger partial charge is 0.214 e. The molecule has 1 aromatic heterocycles. The molecule has 23 heavy (non-hydrogen) atoms. The minimum atomic E-state index is 0.161. The second-order valence-electron chi connectivity index (χ2n) is 5.38. The average Bonchev–Trinajstić information content (AvgIpc) is 2.62. The van der Waals surface area contributed by atoms with E-state index in [1.807, 2.05) is 0 Å². The zero-order chi connectivity index (χ0) is 16.2. The summed E-state index contributed by atoms with van der Waals surface area (Å²) < 4.78 is 0. The van der Waals surface area contributed by atoms with Gasteiger partial charge in [-0.1, -0.05) is 62.4 Å². The lowest BCUT2D eigenvalue weighted by Gasteiger charge is -2.09. The molecule has 0 saturated heterocycles. The summed E-state index contributed by atoms with van der Waals surface area (Å²) in [5, 5.41) is 8.36. The Labute approximate surface area is 141 Å². The van der Waals surface area contributed by atoms with Crippen LogP contribution in [-0.2, 0) is 12.8 Å². The van der Waals surface area contributed by atoms with Gasteiger partial charge in [0, 0.05) is 11.1 Å². The SMILES string of the molecule is CCc1ccc(-c2nnc(Cl)nc2-c2ccc(CC)cc2)cc1. The molecule has 0 unspecified atom stereocenters. The number of halogens is 1. The summed E-state index contributed by atoms with van der Waals surface area (Å²) in [5.74, 6) is 0. The molecule has 1 heterocycles. The van der Waals surface area contributed by atoms with Crippen LogP contribution in [0.1, 0.15) is 25.0 Å². The van der Waals surface area contributed by atoms with Crippen molar-refractivity contribution in [2.75, 3.05) is 0 Å². The number of hydrogen-bond donors (Lipinski definition) is 0. The third-order valence-electron chi connectivity index (χ3n) is 3.93. The molecule has 0 aliphatic rings. The van der Waals surface area contributed by atoms with E-state index in [-0.39, 0.29) is 5.28 Å². The Kier molecular flexibility index (Phi) is 4.68. The molecule has 0 saturated carbocycles. The second-order valence-corrected chi connectivity index (χ2v) is 5.72. The molecule has 0 aliphatic carbocycles. The zero-order valence-electron chi connectivity index (χ0n) is 13.3. The molecule has 0 aliphatic heterocycles. The van der Waals surface area contributed by atoms with Crippen molar-refractivity contribution in [2.24, 2.45) is 0 Å². The van der Waals surface area contributed by atoms with Gasteiger partial charge >= 0.3 is 0 Å². The van der Waals surface area contributed by atoms with E-state index in [4.69, 9.17) is 11.6 Å². The fourth-order valence-corrected chi connectivity index (χ4v) is 2.62. The minimum Gasteiger partial charge on any atom is -0.214 e. The quantitative estimate of drug-likeness (QED) is 0.679. The van der Waals surface area contributed by atoms with Gasteiger partial charge in [0.05, 0.1) is 0 Å². The average molecular weight is 324 g/mol. The van der Waals surface area contributed by atoms with Crippen molar-refractivity contribution >= 4 is 11.6 Å². The number of benzene rings is 2. The fourth-order valence-electron chi connectivity index (χ4n) is 2.50. The molecule has 3 nitrogen and oxygen atoms in total.